The molecule has 0 aliphatic carbocycles. The Labute approximate surface area is 164 Å². The van der Waals surface area contributed by atoms with Crippen LogP contribution in [0.25, 0.3) is 11.0 Å². The Kier molecular flexibility index (Phi) is 5.56. The number of non-ortho nitro benzene ring substituents is 1. The van der Waals surface area contributed by atoms with Crippen molar-refractivity contribution in [3.63, 3.8) is 0 Å². The lowest BCUT2D eigenvalue weighted by atomic mass is 10.1. The van der Waals surface area contributed by atoms with Crippen LogP contribution in [0.2, 0.25) is 0 Å². The first-order chi connectivity index (χ1) is 13.1. The molecule has 0 atom stereocenters. The van der Waals surface area contributed by atoms with E-state index in [9.17, 15) is 10.1 Å². The standard InChI is InChI=1S/C19H27N5O2S/c25-24(26)17-9-7-8-16-18(17)23(15-21-12-5-2-6-13-21)19(27)22(16)14-20-10-3-1-4-11-20/h7-9H,1-6,10-15H2. The predicted octanol–water partition coefficient (Wildman–Crippen LogP) is 3.97. The highest BCUT2D eigenvalue weighted by Gasteiger charge is 2.23. The van der Waals surface area contributed by atoms with Crippen LogP contribution < -0.4 is 0 Å². The van der Waals surface area contributed by atoms with Gasteiger partial charge in [-0.3, -0.25) is 24.5 Å². The number of aromatic nitrogens is 2. The lowest BCUT2D eigenvalue weighted by Gasteiger charge is -2.27. The molecule has 0 unspecified atom stereocenters. The van der Waals surface area contributed by atoms with E-state index in [1.54, 1.807) is 12.1 Å². The van der Waals surface area contributed by atoms with E-state index in [4.69, 9.17) is 12.2 Å². The van der Waals surface area contributed by atoms with E-state index < -0.39 is 0 Å². The summed E-state index contributed by atoms with van der Waals surface area (Å²) in [5.41, 5.74) is 1.68. The SMILES string of the molecule is O=[N+]([O-])c1cccc2c1n(CN1CCCCC1)c(=S)n2CN1CCCCC1. The second kappa shape index (κ2) is 8.08. The van der Waals surface area contributed by atoms with Crippen molar-refractivity contribution in [2.75, 3.05) is 26.2 Å². The first-order valence-corrected chi connectivity index (χ1v) is 10.4. The molecule has 2 fully saturated rings. The van der Waals surface area contributed by atoms with Gasteiger partial charge in [0.25, 0.3) is 5.69 Å². The van der Waals surface area contributed by atoms with E-state index in [-0.39, 0.29) is 10.6 Å². The number of hydrogen-bond acceptors (Lipinski definition) is 5. The highest BCUT2D eigenvalue weighted by molar-refractivity contribution is 7.71. The maximum absolute atomic E-state index is 11.7. The molecule has 0 radical (unpaired) electrons. The molecule has 2 aliphatic heterocycles. The number of nitro benzene ring substituents is 1. The van der Waals surface area contributed by atoms with Crippen molar-refractivity contribution >= 4 is 28.9 Å². The van der Waals surface area contributed by atoms with E-state index in [2.05, 4.69) is 14.4 Å². The van der Waals surface area contributed by atoms with Gasteiger partial charge in [-0.15, -0.1) is 0 Å². The highest BCUT2D eigenvalue weighted by atomic mass is 32.1. The van der Waals surface area contributed by atoms with Crippen molar-refractivity contribution in [3.8, 4) is 0 Å². The minimum Gasteiger partial charge on any atom is -0.303 e. The second-order valence-electron chi connectivity index (χ2n) is 7.68. The summed E-state index contributed by atoms with van der Waals surface area (Å²) in [6.45, 7) is 5.53. The van der Waals surface area contributed by atoms with Crippen LogP contribution in [0.4, 0.5) is 5.69 Å². The number of fused-ring (bicyclic) bond motifs is 1. The van der Waals surface area contributed by atoms with Gasteiger partial charge in [0.05, 0.1) is 23.8 Å². The number of nitrogens with zero attached hydrogens (tertiary/aromatic N) is 5. The normalized spacial score (nSPS) is 19.6. The number of rotatable bonds is 5. The average Bonchev–Trinajstić information content (AvgIpc) is 2.95. The number of benzene rings is 1. The zero-order chi connectivity index (χ0) is 18.8. The molecule has 1 aromatic carbocycles. The van der Waals surface area contributed by atoms with Gasteiger partial charge < -0.3 is 4.57 Å². The second-order valence-corrected chi connectivity index (χ2v) is 8.05. The van der Waals surface area contributed by atoms with Crippen LogP contribution in [0.5, 0.6) is 0 Å². The summed E-state index contributed by atoms with van der Waals surface area (Å²) in [6.07, 6.45) is 7.33. The van der Waals surface area contributed by atoms with E-state index in [1.165, 1.54) is 38.5 Å². The molecule has 4 rings (SSSR count). The van der Waals surface area contributed by atoms with Crippen molar-refractivity contribution in [2.24, 2.45) is 0 Å². The molecule has 2 saturated heterocycles. The first-order valence-electron chi connectivity index (χ1n) is 9.96. The summed E-state index contributed by atoms with van der Waals surface area (Å²) in [5.74, 6) is 0. The molecule has 0 bridgehead atoms. The van der Waals surface area contributed by atoms with Crippen LogP contribution in [0.15, 0.2) is 18.2 Å². The Hall–Kier alpha value is -1.77. The summed E-state index contributed by atoms with van der Waals surface area (Å²) >= 11 is 5.83. The monoisotopic (exact) mass is 389 g/mol. The van der Waals surface area contributed by atoms with Crippen molar-refractivity contribution in [2.45, 2.75) is 51.9 Å². The molecular formula is C19H27N5O2S. The number of likely N-dealkylation sites (tertiary alicyclic amines) is 2. The van der Waals surface area contributed by atoms with Gasteiger partial charge in [-0.2, -0.15) is 0 Å². The fraction of sp³-hybridized carbons (Fsp3) is 0.632. The van der Waals surface area contributed by atoms with Gasteiger partial charge in [-0.05, 0) is 70.1 Å². The molecule has 3 heterocycles. The van der Waals surface area contributed by atoms with Crippen molar-refractivity contribution in [1.29, 1.82) is 0 Å². The van der Waals surface area contributed by atoms with Crippen LogP contribution in [-0.4, -0.2) is 50.0 Å². The molecule has 0 spiro atoms. The first kappa shape index (κ1) is 18.6. The van der Waals surface area contributed by atoms with Gasteiger partial charge in [0, 0.05) is 6.07 Å². The average molecular weight is 390 g/mol. The predicted molar refractivity (Wildman–Crippen MR) is 108 cm³/mol. The molecule has 146 valence electrons. The number of imidazole rings is 1. The van der Waals surface area contributed by atoms with Gasteiger partial charge in [0.15, 0.2) is 4.77 Å². The van der Waals surface area contributed by atoms with E-state index in [1.807, 2.05) is 10.6 Å². The molecule has 2 aliphatic rings. The van der Waals surface area contributed by atoms with Gasteiger partial charge >= 0.3 is 0 Å². The van der Waals surface area contributed by atoms with Crippen molar-refractivity contribution in [1.82, 2.24) is 18.9 Å². The fourth-order valence-corrected chi connectivity index (χ4v) is 4.68. The fourth-order valence-electron chi connectivity index (χ4n) is 4.38. The molecule has 7 nitrogen and oxygen atoms in total. The molecule has 0 amide bonds. The summed E-state index contributed by atoms with van der Waals surface area (Å²) in [6, 6.07) is 5.33. The Morgan fingerprint density at radius 1 is 0.889 bits per heavy atom. The Bertz CT molecular complexity index is 878. The largest absolute Gasteiger partial charge is 0.303 e. The van der Waals surface area contributed by atoms with Gasteiger partial charge in [-0.1, -0.05) is 18.9 Å². The summed E-state index contributed by atoms with van der Waals surface area (Å²) in [7, 11) is 0. The van der Waals surface area contributed by atoms with Crippen molar-refractivity contribution in [3.05, 3.63) is 33.1 Å². The van der Waals surface area contributed by atoms with E-state index in [0.717, 1.165) is 31.7 Å². The number of para-hydroxylation sites is 1. The minimum absolute atomic E-state index is 0.146. The third-order valence-electron chi connectivity index (χ3n) is 5.79. The summed E-state index contributed by atoms with van der Waals surface area (Å²) in [4.78, 5) is 16.2. The topological polar surface area (TPSA) is 59.5 Å². The zero-order valence-electron chi connectivity index (χ0n) is 15.7. The Morgan fingerprint density at radius 3 is 2.00 bits per heavy atom. The Morgan fingerprint density at radius 2 is 1.44 bits per heavy atom. The molecule has 2 aromatic rings. The van der Waals surface area contributed by atoms with E-state index in [0.29, 0.717) is 23.6 Å². The summed E-state index contributed by atoms with van der Waals surface area (Å²) < 4.78 is 4.76. The number of hydrogen-bond donors (Lipinski definition) is 0. The van der Waals surface area contributed by atoms with Crippen LogP contribution in [-0.2, 0) is 13.3 Å². The van der Waals surface area contributed by atoms with Crippen LogP contribution in [0.1, 0.15) is 38.5 Å². The van der Waals surface area contributed by atoms with Crippen LogP contribution in [0, 0.1) is 14.9 Å². The molecule has 8 heteroatoms. The Balaban J connectivity index is 1.77. The minimum atomic E-state index is -0.283. The highest BCUT2D eigenvalue weighted by Crippen LogP contribution is 2.29. The van der Waals surface area contributed by atoms with Crippen LogP contribution >= 0.6 is 12.2 Å². The summed E-state index contributed by atoms with van der Waals surface area (Å²) in [5, 5.41) is 11.7. The lowest BCUT2D eigenvalue weighted by Crippen LogP contribution is -2.33. The lowest BCUT2D eigenvalue weighted by molar-refractivity contribution is -0.383. The zero-order valence-corrected chi connectivity index (χ0v) is 16.5. The van der Waals surface area contributed by atoms with Crippen LogP contribution in [0.3, 0.4) is 0 Å². The smallest absolute Gasteiger partial charge is 0.295 e. The number of nitro groups is 1. The third kappa shape index (κ3) is 3.79. The maximum atomic E-state index is 11.7. The van der Waals surface area contributed by atoms with E-state index >= 15 is 0 Å². The van der Waals surface area contributed by atoms with Gasteiger partial charge in [0.1, 0.15) is 5.52 Å². The quantitative estimate of drug-likeness (QED) is 0.440. The van der Waals surface area contributed by atoms with Crippen molar-refractivity contribution < 1.29 is 4.92 Å². The molecule has 0 N–H and O–H groups in total. The van der Waals surface area contributed by atoms with Gasteiger partial charge in [-0.25, -0.2) is 0 Å². The maximum Gasteiger partial charge on any atom is 0.295 e. The molecule has 0 saturated carbocycles. The number of piperidine rings is 2. The molecule has 1 aromatic heterocycles. The van der Waals surface area contributed by atoms with Gasteiger partial charge in [0.2, 0.25) is 0 Å². The third-order valence-corrected chi connectivity index (χ3v) is 6.23. The molecular weight excluding hydrogens is 362 g/mol. The molecule has 27 heavy (non-hydrogen) atoms.